The van der Waals surface area contributed by atoms with Crippen molar-refractivity contribution in [1.29, 1.82) is 0 Å². The molecule has 1 aliphatic rings. The SMILES string of the molecule is CCOC(=O)C1=C(C)N=c2sc(=Cc3cccc([N+](=O)[O-])c3O)c(=O)n2[C@@H]1c1ccc(OC)cc1OC. The van der Waals surface area contributed by atoms with Crippen molar-refractivity contribution in [2.24, 2.45) is 4.99 Å². The highest BCUT2D eigenvalue weighted by molar-refractivity contribution is 7.07. The molecule has 1 aromatic heterocycles. The number of nitrogens with zero attached hydrogens (tertiary/aromatic N) is 3. The number of nitro groups is 1. The summed E-state index contributed by atoms with van der Waals surface area (Å²) in [4.78, 5) is 42.1. The van der Waals surface area contributed by atoms with Crippen LogP contribution in [-0.2, 0) is 9.53 Å². The van der Waals surface area contributed by atoms with Gasteiger partial charge in [-0.3, -0.25) is 19.5 Å². The van der Waals surface area contributed by atoms with Crippen molar-refractivity contribution in [3.63, 3.8) is 0 Å². The maximum atomic E-state index is 13.7. The lowest BCUT2D eigenvalue weighted by Crippen LogP contribution is -2.40. The van der Waals surface area contributed by atoms with Gasteiger partial charge in [-0.1, -0.05) is 23.5 Å². The lowest BCUT2D eigenvalue weighted by Gasteiger charge is -2.26. The average Bonchev–Trinajstić information content (AvgIpc) is 3.18. The summed E-state index contributed by atoms with van der Waals surface area (Å²) in [5.74, 6) is -0.286. The Bertz CT molecular complexity index is 1620. The quantitative estimate of drug-likeness (QED) is 0.282. The number of thiazole rings is 1. The zero-order valence-electron chi connectivity index (χ0n) is 20.4. The molecule has 12 heteroatoms. The van der Waals surface area contributed by atoms with Crippen molar-refractivity contribution in [3.05, 3.63) is 88.6 Å². The maximum Gasteiger partial charge on any atom is 0.338 e. The maximum absolute atomic E-state index is 13.7. The van der Waals surface area contributed by atoms with E-state index >= 15 is 0 Å². The third-order valence-electron chi connectivity index (χ3n) is 5.78. The Hall–Kier alpha value is -4.45. The third-order valence-corrected chi connectivity index (χ3v) is 6.76. The fraction of sp³-hybridized carbons (Fsp3) is 0.240. The van der Waals surface area contributed by atoms with E-state index in [-0.39, 0.29) is 22.3 Å². The first-order valence-corrected chi connectivity index (χ1v) is 11.9. The number of aromatic nitrogens is 1. The highest BCUT2D eigenvalue weighted by Crippen LogP contribution is 2.37. The second-order valence-corrected chi connectivity index (χ2v) is 8.89. The lowest BCUT2D eigenvalue weighted by molar-refractivity contribution is -0.385. The van der Waals surface area contributed by atoms with Crippen LogP contribution in [0.15, 0.2) is 57.5 Å². The van der Waals surface area contributed by atoms with E-state index in [9.17, 15) is 24.8 Å². The summed E-state index contributed by atoms with van der Waals surface area (Å²) in [5, 5.41) is 21.6. The Morgan fingerprint density at radius 1 is 1.27 bits per heavy atom. The number of esters is 1. The average molecular weight is 526 g/mol. The van der Waals surface area contributed by atoms with E-state index in [0.29, 0.717) is 27.6 Å². The van der Waals surface area contributed by atoms with E-state index < -0.39 is 33.9 Å². The molecule has 0 saturated heterocycles. The number of hydrogen-bond acceptors (Lipinski definition) is 10. The van der Waals surface area contributed by atoms with Gasteiger partial charge < -0.3 is 19.3 Å². The fourth-order valence-corrected chi connectivity index (χ4v) is 5.12. The van der Waals surface area contributed by atoms with Gasteiger partial charge in [-0.05, 0) is 32.1 Å². The van der Waals surface area contributed by atoms with Gasteiger partial charge >= 0.3 is 11.7 Å². The minimum absolute atomic E-state index is 0.0966. The molecule has 0 unspecified atom stereocenters. The second-order valence-electron chi connectivity index (χ2n) is 7.88. The zero-order chi connectivity index (χ0) is 26.9. The summed E-state index contributed by atoms with van der Waals surface area (Å²) in [6, 6.07) is 8.13. The molecular formula is C25H23N3O8S. The van der Waals surface area contributed by atoms with Crippen LogP contribution >= 0.6 is 11.3 Å². The van der Waals surface area contributed by atoms with Crippen molar-refractivity contribution in [1.82, 2.24) is 4.57 Å². The van der Waals surface area contributed by atoms with Gasteiger partial charge in [-0.15, -0.1) is 0 Å². The number of carbonyl (C=O) groups is 1. The van der Waals surface area contributed by atoms with Crippen LogP contribution in [0.5, 0.6) is 17.2 Å². The molecule has 1 atom stereocenters. The van der Waals surface area contributed by atoms with Gasteiger partial charge in [-0.2, -0.15) is 0 Å². The molecule has 4 rings (SSSR count). The number of rotatable bonds is 7. The topological polar surface area (TPSA) is 142 Å². The lowest BCUT2D eigenvalue weighted by atomic mass is 9.95. The molecule has 3 aromatic rings. The van der Waals surface area contributed by atoms with Crippen molar-refractivity contribution >= 4 is 29.1 Å². The Morgan fingerprint density at radius 3 is 2.68 bits per heavy atom. The Morgan fingerprint density at radius 2 is 2.03 bits per heavy atom. The number of phenolic OH excluding ortho intramolecular Hbond substituents is 1. The van der Waals surface area contributed by atoms with Gasteiger partial charge in [0.05, 0.1) is 41.6 Å². The van der Waals surface area contributed by atoms with E-state index in [1.807, 2.05) is 0 Å². The first-order chi connectivity index (χ1) is 17.7. The molecule has 192 valence electrons. The van der Waals surface area contributed by atoms with Crippen LogP contribution in [0.4, 0.5) is 5.69 Å². The number of ether oxygens (including phenoxy) is 3. The summed E-state index contributed by atoms with van der Waals surface area (Å²) >= 11 is 1.03. The first kappa shape index (κ1) is 25.6. The molecule has 1 N–H and O–H groups in total. The Labute approximate surface area is 214 Å². The van der Waals surface area contributed by atoms with Crippen LogP contribution in [0.2, 0.25) is 0 Å². The second kappa shape index (κ2) is 10.3. The number of allylic oxidation sites excluding steroid dienone is 1. The third kappa shape index (κ3) is 4.58. The van der Waals surface area contributed by atoms with E-state index in [0.717, 1.165) is 11.3 Å². The molecular weight excluding hydrogens is 502 g/mol. The molecule has 0 spiro atoms. The predicted octanol–water partition coefficient (Wildman–Crippen LogP) is 2.43. The van der Waals surface area contributed by atoms with Crippen molar-refractivity contribution < 1.29 is 29.0 Å². The summed E-state index contributed by atoms with van der Waals surface area (Å²) < 4.78 is 17.7. The Balaban J connectivity index is 2.01. The largest absolute Gasteiger partial charge is 0.502 e. The van der Waals surface area contributed by atoms with Crippen molar-refractivity contribution in [2.45, 2.75) is 19.9 Å². The fourth-order valence-electron chi connectivity index (χ4n) is 4.08. The molecule has 11 nitrogen and oxygen atoms in total. The molecule has 2 heterocycles. The summed E-state index contributed by atoms with van der Waals surface area (Å²) in [5.41, 5.74) is 0.148. The number of nitro benzene ring substituents is 1. The van der Waals surface area contributed by atoms with Crippen LogP contribution in [-0.4, -0.2) is 41.4 Å². The van der Waals surface area contributed by atoms with Gasteiger partial charge in [0, 0.05) is 23.3 Å². The van der Waals surface area contributed by atoms with E-state index in [2.05, 4.69) is 4.99 Å². The standard InChI is InChI=1S/C25H23N3O8S/c1-5-36-24(31)20-13(2)26-25-27(21(20)16-10-9-15(34-3)12-18(16)35-4)23(30)19(37-25)11-14-7-6-8-17(22(14)29)28(32)33/h6-12,21,29H,5H2,1-4H3/t21-/m1/s1. The highest BCUT2D eigenvalue weighted by Gasteiger charge is 2.35. The molecule has 1 aliphatic heterocycles. The molecule has 0 fully saturated rings. The number of aromatic hydroxyl groups is 1. The van der Waals surface area contributed by atoms with Crippen molar-refractivity contribution in [3.8, 4) is 17.2 Å². The number of carbonyl (C=O) groups excluding carboxylic acids is 1. The summed E-state index contributed by atoms with van der Waals surface area (Å²) in [7, 11) is 2.97. The molecule has 0 amide bonds. The van der Waals surface area contributed by atoms with Crippen LogP contribution < -0.4 is 24.4 Å². The molecule has 0 saturated carbocycles. The van der Waals surface area contributed by atoms with Gasteiger partial charge in [0.25, 0.3) is 5.56 Å². The van der Waals surface area contributed by atoms with Crippen molar-refractivity contribution in [2.75, 3.05) is 20.8 Å². The minimum atomic E-state index is -0.933. The molecule has 0 aliphatic carbocycles. The van der Waals surface area contributed by atoms with Gasteiger partial charge in [-0.25, -0.2) is 9.79 Å². The van der Waals surface area contributed by atoms with E-state index in [1.54, 1.807) is 32.0 Å². The summed E-state index contributed by atoms with van der Waals surface area (Å²) in [6.45, 7) is 3.45. The zero-order valence-corrected chi connectivity index (χ0v) is 21.2. The number of methoxy groups -OCH3 is 2. The van der Waals surface area contributed by atoms with Gasteiger partial charge in [0.15, 0.2) is 4.80 Å². The van der Waals surface area contributed by atoms with Crippen LogP contribution in [0, 0.1) is 10.1 Å². The number of phenols is 1. The normalized spacial score (nSPS) is 15.1. The van der Waals surface area contributed by atoms with Gasteiger partial charge in [0.2, 0.25) is 5.75 Å². The molecule has 2 aromatic carbocycles. The van der Waals surface area contributed by atoms with Crippen LogP contribution in [0.3, 0.4) is 0 Å². The number of hydrogen-bond donors (Lipinski definition) is 1. The number of para-hydroxylation sites is 1. The predicted molar refractivity (Wildman–Crippen MR) is 135 cm³/mol. The summed E-state index contributed by atoms with van der Waals surface area (Å²) in [6.07, 6.45) is 1.36. The number of benzene rings is 2. The van der Waals surface area contributed by atoms with E-state index in [1.165, 1.54) is 43.1 Å². The molecule has 0 bridgehead atoms. The molecule has 37 heavy (non-hydrogen) atoms. The smallest absolute Gasteiger partial charge is 0.338 e. The van der Waals surface area contributed by atoms with E-state index in [4.69, 9.17) is 14.2 Å². The van der Waals surface area contributed by atoms with Gasteiger partial charge in [0.1, 0.15) is 17.5 Å². The number of fused-ring (bicyclic) bond motifs is 1. The first-order valence-electron chi connectivity index (χ1n) is 11.1. The van der Waals surface area contributed by atoms with Crippen LogP contribution in [0.25, 0.3) is 6.08 Å². The minimum Gasteiger partial charge on any atom is -0.502 e. The van der Waals surface area contributed by atoms with Crippen LogP contribution in [0.1, 0.15) is 31.0 Å². The molecule has 0 radical (unpaired) electrons. The Kier molecular flexibility index (Phi) is 7.11. The highest BCUT2D eigenvalue weighted by atomic mass is 32.1. The monoisotopic (exact) mass is 525 g/mol.